The van der Waals surface area contributed by atoms with Gasteiger partial charge in [-0.2, -0.15) is 0 Å². The fourth-order valence-corrected chi connectivity index (χ4v) is 9.16. The highest BCUT2D eigenvalue weighted by molar-refractivity contribution is 6.74. The van der Waals surface area contributed by atoms with Crippen LogP contribution in [0.2, 0.25) is 36.3 Å². The molecule has 0 amide bonds. The third-order valence-corrected chi connectivity index (χ3v) is 17.3. The Bertz CT molecular complexity index is 526. The summed E-state index contributed by atoms with van der Waals surface area (Å²) in [5.41, 5.74) is -0.427. The average Bonchev–Trinajstić information content (AvgIpc) is 3.09. The zero-order chi connectivity index (χ0) is 22.2. The van der Waals surface area contributed by atoms with Crippen molar-refractivity contribution in [2.75, 3.05) is 6.61 Å². The number of aliphatic hydroxyl groups is 1. The first-order chi connectivity index (χ1) is 12.7. The van der Waals surface area contributed by atoms with E-state index in [1.807, 2.05) is 0 Å². The lowest BCUT2D eigenvalue weighted by molar-refractivity contribution is -0.0485. The Labute approximate surface area is 177 Å². The Kier molecular flexibility index (Phi) is 8.07. The molecule has 0 spiro atoms. The molecule has 0 saturated heterocycles. The first kappa shape index (κ1) is 26.1. The Morgan fingerprint density at radius 3 is 1.86 bits per heavy atom. The molecule has 0 aromatic heterocycles. The van der Waals surface area contributed by atoms with Gasteiger partial charge in [-0.1, -0.05) is 68.4 Å². The van der Waals surface area contributed by atoms with Crippen molar-refractivity contribution in [1.82, 2.24) is 0 Å². The van der Waals surface area contributed by atoms with Gasteiger partial charge < -0.3 is 14.0 Å². The summed E-state index contributed by atoms with van der Waals surface area (Å²) < 4.78 is 14.4. The maximum atomic E-state index is 10.2. The van der Waals surface area contributed by atoms with E-state index in [0.717, 1.165) is 18.1 Å². The molecule has 1 fully saturated rings. The quantitative estimate of drug-likeness (QED) is 0.297. The number of hydrogen-bond donors (Lipinski definition) is 1. The van der Waals surface area contributed by atoms with E-state index in [9.17, 15) is 5.11 Å². The van der Waals surface area contributed by atoms with E-state index < -0.39 is 16.6 Å². The van der Waals surface area contributed by atoms with Crippen LogP contribution in [-0.4, -0.2) is 40.1 Å². The van der Waals surface area contributed by atoms with Crippen LogP contribution in [0.5, 0.6) is 0 Å². The van der Waals surface area contributed by atoms with Crippen LogP contribution in [0.25, 0.3) is 0 Å². The molecule has 1 N–H and O–H groups in total. The van der Waals surface area contributed by atoms with Gasteiger partial charge in [-0.05, 0) is 36.3 Å². The Morgan fingerprint density at radius 2 is 1.57 bits per heavy atom. The zero-order valence-electron chi connectivity index (χ0n) is 20.6. The minimum atomic E-state index is -2.04. The Morgan fingerprint density at radius 1 is 1.11 bits per heavy atom. The monoisotopic (exact) mass is 428 g/mol. The predicted octanol–water partition coefficient (Wildman–Crippen LogP) is 6.61. The van der Waals surface area contributed by atoms with Gasteiger partial charge in [-0.25, -0.2) is 0 Å². The smallest absolute Gasteiger partial charge is 0.193 e. The number of hydrogen-bond acceptors (Lipinski definition) is 3. The molecule has 1 aliphatic carbocycles. The normalized spacial score (nSPS) is 27.4. The van der Waals surface area contributed by atoms with Crippen LogP contribution in [0.1, 0.15) is 62.3 Å². The highest BCUT2D eigenvalue weighted by Gasteiger charge is 2.77. The molecule has 28 heavy (non-hydrogen) atoms. The van der Waals surface area contributed by atoms with Crippen molar-refractivity contribution in [3.63, 3.8) is 0 Å². The highest BCUT2D eigenvalue weighted by Crippen LogP contribution is 2.69. The van der Waals surface area contributed by atoms with E-state index in [2.05, 4.69) is 88.1 Å². The van der Waals surface area contributed by atoms with Gasteiger partial charge in [0.1, 0.15) is 0 Å². The molecule has 0 bridgehead atoms. The van der Waals surface area contributed by atoms with Crippen molar-refractivity contribution in [2.45, 2.75) is 110 Å². The standard InChI is InChI=1S/C23H48O3Si2/c1-13-19-22(9,10)23(19,26-28(14-2,15-3)16-4)20(18(5)17-24)25-27(11,12)21(6,7)8/h13,18-20,24H,1,14-17H2,2-12H3/t18-,19+,20+,23+/m0/s1. The molecule has 0 unspecified atom stereocenters. The molecule has 5 heteroatoms. The largest absolute Gasteiger partial charge is 0.411 e. The Balaban J connectivity index is 3.54. The summed E-state index contributed by atoms with van der Waals surface area (Å²) in [4.78, 5) is 0. The first-order valence-corrected chi connectivity index (χ1v) is 16.7. The van der Waals surface area contributed by atoms with Gasteiger partial charge in [-0.3, -0.25) is 0 Å². The zero-order valence-corrected chi connectivity index (χ0v) is 22.6. The molecule has 1 saturated carbocycles. The van der Waals surface area contributed by atoms with Crippen LogP contribution >= 0.6 is 0 Å². The van der Waals surface area contributed by atoms with Gasteiger partial charge in [0, 0.05) is 23.9 Å². The first-order valence-electron chi connectivity index (χ1n) is 11.3. The van der Waals surface area contributed by atoms with E-state index in [1.165, 1.54) is 0 Å². The SMILES string of the molecule is C=C[C@@H]1C(C)(C)[C@]1(O[Si](CC)(CC)CC)[C@H](O[Si](C)(C)C(C)(C)C)[C@@H](C)CO. The van der Waals surface area contributed by atoms with Crippen LogP contribution in [0.4, 0.5) is 0 Å². The van der Waals surface area contributed by atoms with Gasteiger partial charge in [0.25, 0.3) is 0 Å². The van der Waals surface area contributed by atoms with Crippen molar-refractivity contribution in [3.8, 4) is 0 Å². The molecule has 1 aliphatic rings. The van der Waals surface area contributed by atoms with E-state index in [0.29, 0.717) is 0 Å². The van der Waals surface area contributed by atoms with Crippen molar-refractivity contribution < 1.29 is 14.0 Å². The molecular formula is C23H48O3Si2. The summed E-state index contributed by atoms with van der Waals surface area (Å²) >= 11 is 0. The fourth-order valence-electron chi connectivity index (χ4n) is 4.60. The van der Waals surface area contributed by atoms with Crippen molar-refractivity contribution in [1.29, 1.82) is 0 Å². The summed E-state index contributed by atoms with van der Waals surface area (Å²) in [5, 5.41) is 10.3. The van der Waals surface area contributed by atoms with Gasteiger partial charge in [0.15, 0.2) is 16.6 Å². The lowest BCUT2D eigenvalue weighted by Gasteiger charge is -2.47. The number of rotatable bonds is 11. The molecule has 0 radical (unpaired) electrons. The third-order valence-electron chi connectivity index (χ3n) is 8.17. The topological polar surface area (TPSA) is 38.7 Å². The Hall–Kier alpha value is 0.0538. The summed E-state index contributed by atoms with van der Waals surface area (Å²) in [6.45, 7) is 29.3. The molecular weight excluding hydrogens is 380 g/mol. The molecule has 0 aromatic carbocycles. The number of aliphatic hydroxyl groups excluding tert-OH is 1. The second-order valence-electron chi connectivity index (χ2n) is 11.0. The predicted molar refractivity (Wildman–Crippen MR) is 127 cm³/mol. The second-order valence-corrected chi connectivity index (χ2v) is 20.5. The van der Waals surface area contributed by atoms with E-state index in [1.54, 1.807) is 0 Å². The maximum Gasteiger partial charge on any atom is 0.193 e. The van der Waals surface area contributed by atoms with Crippen LogP contribution in [0.15, 0.2) is 12.7 Å². The molecule has 166 valence electrons. The molecule has 4 atom stereocenters. The van der Waals surface area contributed by atoms with Gasteiger partial charge in [0.2, 0.25) is 0 Å². The molecule has 3 nitrogen and oxygen atoms in total. The third kappa shape index (κ3) is 4.25. The molecule has 0 aliphatic heterocycles. The van der Waals surface area contributed by atoms with Crippen molar-refractivity contribution >= 4 is 16.6 Å². The molecule has 0 aromatic rings. The summed E-state index contributed by atoms with van der Waals surface area (Å²) in [7, 11) is -3.91. The van der Waals surface area contributed by atoms with E-state index in [-0.39, 0.29) is 40.6 Å². The second kappa shape index (κ2) is 8.66. The lowest BCUT2D eigenvalue weighted by Crippen LogP contribution is -2.56. The van der Waals surface area contributed by atoms with Crippen LogP contribution in [-0.2, 0) is 8.85 Å². The van der Waals surface area contributed by atoms with Crippen LogP contribution in [0, 0.1) is 17.3 Å². The van der Waals surface area contributed by atoms with Crippen LogP contribution < -0.4 is 0 Å². The summed E-state index contributed by atoms with van der Waals surface area (Å²) in [6, 6.07) is 3.34. The van der Waals surface area contributed by atoms with Crippen LogP contribution in [0.3, 0.4) is 0 Å². The highest BCUT2D eigenvalue weighted by atomic mass is 28.4. The minimum absolute atomic E-state index is 0.0237. The van der Waals surface area contributed by atoms with E-state index >= 15 is 0 Å². The lowest BCUT2D eigenvalue weighted by atomic mass is 9.93. The van der Waals surface area contributed by atoms with Gasteiger partial charge in [-0.15, -0.1) is 6.58 Å². The van der Waals surface area contributed by atoms with Crippen molar-refractivity contribution in [2.24, 2.45) is 17.3 Å². The van der Waals surface area contributed by atoms with Gasteiger partial charge >= 0.3 is 0 Å². The maximum absolute atomic E-state index is 10.2. The van der Waals surface area contributed by atoms with Gasteiger partial charge in [0.05, 0.1) is 11.7 Å². The summed E-state index contributed by atoms with van der Waals surface area (Å²) in [5.74, 6) is 0.274. The fraction of sp³-hybridized carbons (Fsp3) is 0.913. The van der Waals surface area contributed by atoms with Crippen molar-refractivity contribution in [3.05, 3.63) is 12.7 Å². The molecule has 0 heterocycles. The average molecular weight is 429 g/mol. The molecule has 1 rings (SSSR count). The summed E-state index contributed by atoms with van der Waals surface area (Å²) in [6.07, 6.45) is 1.96. The van der Waals surface area contributed by atoms with E-state index in [4.69, 9.17) is 8.85 Å². The minimum Gasteiger partial charge on any atom is -0.411 e.